The number of halogens is 3. The van der Waals surface area contributed by atoms with Gasteiger partial charge in [-0.2, -0.15) is 13.2 Å². The minimum Gasteiger partial charge on any atom is -0.393 e. The lowest BCUT2D eigenvalue weighted by Gasteiger charge is -2.21. The Bertz CT molecular complexity index is 159. The first-order valence-electron chi connectivity index (χ1n) is 5.32. The van der Waals surface area contributed by atoms with Crippen molar-refractivity contribution in [1.29, 1.82) is 0 Å². The van der Waals surface area contributed by atoms with Crippen molar-refractivity contribution >= 4 is 0 Å². The molecule has 0 saturated heterocycles. The van der Waals surface area contributed by atoms with E-state index in [1.165, 1.54) is 4.90 Å². The molecule has 0 radical (unpaired) electrons. The van der Waals surface area contributed by atoms with Gasteiger partial charge in [-0.15, -0.1) is 0 Å². The lowest BCUT2D eigenvalue weighted by Crippen LogP contribution is -2.34. The van der Waals surface area contributed by atoms with Crippen molar-refractivity contribution in [2.45, 2.75) is 45.4 Å². The summed E-state index contributed by atoms with van der Waals surface area (Å²) in [7, 11) is 0. The first-order chi connectivity index (χ1) is 6.85. The highest BCUT2D eigenvalue weighted by Crippen LogP contribution is 2.16. The first kappa shape index (κ1) is 14.7. The fourth-order valence-electron chi connectivity index (χ4n) is 1.38. The third-order valence-corrected chi connectivity index (χ3v) is 2.20. The predicted octanol–water partition coefficient (Wildman–Crippen LogP) is 2.42. The molecule has 0 saturated carbocycles. The van der Waals surface area contributed by atoms with E-state index in [0.29, 0.717) is 25.9 Å². The van der Waals surface area contributed by atoms with Crippen LogP contribution in [0.1, 0.15) is 33.1 Å². The number of nitrogens with zero attached hydrogens (tertiary/aromatic N) is 1. The van der Waals surface area contributed by atoms with Gasteiger partial charge in [-0.3, -0.25) is 4.90 Å². The van der Waals surface area contributed by atoms with Gasteiger partial charge in [0.2, 0.25) is 0 Å². The maximum absolute atomic E-state index is 12.0. The summed E-state index contributed by atoms with van der Waals surface area (Å²) in [6, 6.07) is 0. The molecule has 0 bridgehead atoms. The fourth-order valence-corrected chi connectivity index (χ4v) is 1.38. The van der Waals surface area contributed by atoms with Crippen LogP contribution in [0.25, 0.3) is 0 Å². The summed E-state index contributed by atoms with van der Waals surface area (Å²) in [5.74, 6) is 0. The highest BCUT2D eigenvalue weighted by molar-refractivity contribution is 4.62. The molecule has 0 aromatic rings. The van der Waals surface area contributed by atoms with E-state index in [-0.39, 0.29) is 6.10 Å². The number of hydrogen-bond donors (Lipinski definition) is 1. The van der Waals surface area contributed by atoms with Gasteiger partial charge in [-0.1, -0.05) is 6.92 Å². The summed E-state index contributed by atoms with van der Waals surface area (Å²) >= 11 is 0. The Hall–Kier alpha value is -0.290. The van der Waals surface area contributed by atoms with Crippen LogP contribution in [0.2, 0.25) is 0 Å². The van der Waals surface area contributed by atoms with Crippen LogP contribution in [-0.2, 0) is 0 Å². The number of aliphatic hydroxyl groups excluding tert-OH is 1. The topological polar surface area (TPSA) is 23.5 Å². The molecule has 0 aliphatic heterocycles. The van der Waals surface area contributed by atoms with Gasteiger partial charge in [0, 0.05) is 0 Å². The van der Waals surface area contributed by atoms with E-state index in [0.717, 1.165) is 6.42 Å². The van der Waals surface area contributed by atoms with E-state index in [1.54, 1.807) is 13.8 Å². The average Bonchev–Trinajstić information content (AvgIpc) is 2.08. The van der Waals surface area contributed by atoms with Gasteiger partial charge >= 0.3 is 6.18 Å². The first-order valence-corrected chi connectivity index (χ1v) is 5.32. The minimum atomic E-state index is -4.11. The largest absolute Gasteiger partial charge is 0.401 e. The quantitative estimate of drug-likeness (QED) is 0.675. The van der Waals surface area contributed by atoms with E-state index < -0.39 is 12.7 Å². The van der Waals surface area contributed by atoms with Crippen LogP contribution in [0.3, 0.4) is 0 Å². The second-order valence-corrected chi connectivity index (χ2v) is 3.83. The van der Waals surface area contributed by atoms with E-state index in [2.05, 4.69) is 0 Å². The molecule has 92 valence electrons. The predicted molar refractivity (Wildman–Crippen MR) is 53.7 cm³/mol. The normalized spacial score (nSPS) is 14.6. The second-order valence-electron chi connectivity index (χ2n) is 3.83. The molecule has 0 aromatic carbocycles. The summed E-state index contributed by atoms with van der Waals surface area (Å²) in [5, 5.41) is 8.97. The highest BCUT2D eigenvalue weighted by Gasteiger charge is 2.29. The Labute approximate surface area is 89.1 Å². The van der Waals surface area contributed by atoms with Gasteiger partial charge in [0.15, 0.2) is 0 Å². The molecule has 1 unspecified atom stereocenters. The second kappa shape index (κ2) is 7.06. The van der Waals surface area contributed by atoms with Gasteiger partial charge in [0.25, 0.3) is 0 Å². The Morgan fingerprint density at radius 2 is 1.87 bits per heavy atom. The Morgan fingerprint density at radius 3 is 2.27 bits per heavy atom. The molecule has 0 aromatic heterocycles. The molecule has 0 rings (SSSR count). The van der Waals surface area contributed by atoms with E-state index >= 15 is 0 Å². The Kier molecular flexibility index (Phi) is 6.92. The summed E-state index contributed by atoms with van der Waals surface area (Å²) in [6.07, 6.45) is -2.34. The van der Waals surface area contributed by atoms with E-state index in [4.69, 9.17) is 5.11 Å². The molecule has 0 amide bonds. The van der Waals surface area contributed by atoms with Crippen molar-refractivity contribution in [3.05, 3.63) is 0 Å². The monoisotopic (exact) mass is 227 g/mol. The van der Waals surface area contributed by atoms with Crippen molar-refractivity contribution in [2.75, 3.05) is 19.6 Å². The van der Waals surface area contributed by atoms with Crippen molar-refractivity contribution in [2.24, 2.45) is 0 Å². The molecule has 15 heavy (non-hydrogen) atoms. The molecular weight excluding hydrogens is 207 g/mol. The van der Waals surface area contributed by atoms with Crippen molar-refractivity contribution < 1.29 is 18.3 Å². The molecule has 0 fully saturated rings. The van der Waals surface area contributed by atoms with Gasteiger partial charge in [0.1, 0.15) is 0 Å². The zero-order chi connectivity index (χ0) is 11.9. The zero-order valence-corrected chi connectivity index (χ0v) is 9.35. The molecule has 2 nitrogen and oxygen atoms in total. The maximum atomic E-state index is 12.0. The van der Waals surface area contributed by atoms with Crippen LogP contribution in [-0.4, -0.2) is 41.9 Å². The molecule has 1 N–H and O–H groups in total. The highest BCUT2D eigenvalue weighted by atomic mass is 19.4. The molecule has 0 heterocycles. The molecule has 0 aliphatic rings. The summed E-state index contributed by atoms with van der Waals surface area (Å²) < 4.78 is 36.1. The standard InChI is InChI=1S/C10H20F3NO/c1-3-14(8-10(11,12)13)7-5-4-6-9(2)15/h9,15H,3-8H2,1-2H3. The van der Waals surface area contributed by atoms with Crippen LogP contribution in [0.15, 0.2) is 0 Å². The lowest BCUT2D eigenvalue weighted by atomic mass is 10.1. The number of unbranched alkanes of at least 4 members (excludes halogenated alkanes) is 1. The van der Waals surface area contributed by atoms with Crippen LogP contribution in [0.4, 0.5) is 13.2 Å². The summed E-state index contributed by atoms with van der Waals surface area (Å²) in [6.45, 7) is 3.43. The van der Waals surface area contributed by atoms with Gasteiger partial charge in [0.05, 0.1) is 12.6 Å². The summed E-state index contributed by atoms with van der Waals surface area (Å²) in [5.41, 5.74) is 0. The number of alkyl halides is 3. The van der Waals surface area contributed by atoms with E-state index in [1.807, 2.05) is 0 Å². The zero-order valence-electron chi connectivity index (χ0n) is 9.35. The third kappa shape index (κ3) is 10.0. The number of aliphatic hydroxyl groups is 1. The molecule has 5 heteroatoms. The smallest absolute Gasteiger partial charge is 0.393 e. The van der Waals surface area contributed by atoms with Crippen LogP contribution >= 0.6 is 0 Å². The number of hydrogen-bond acceptors (Lipinski definition) is 2. The van der Waals surface area contributed by atoms with Gasteiger partial charge in [-0.25, -0.2) is 0 Å². The SMILES string of the molecule is CCN(CCCCC(C)O)CC(F)(F)F. The van der Waals surface area contributed by atoms with Crippen LogP contribution in [0, 0.1) is 0 Å². The third-order valence-electron chi connectivity index (χ3n) is 2.20. The van der Waals surface area contributed by atoms with Crippen molar-refractivity contribution in [1.82, 2.24) is 4.90 Å². The van der Waals surface area contributed by atoms with Gasteiger partial charge < -0.3 is 5.11 Å². The fraction of sp³-hybridized carbons (Fsp3) is 1.00. The molecule has 0 spiro atoms. The average molecular weight is 227 g/mol. The van der Waals surface area contributed by atoms with Crippen LogP contribution in [0.5, 0.6) is 0 Å². The summed E-state index contributed by atoms with van der Waals surface area (Å²) in [4.78, 5) is 1.38. The molecule has 0 aliphatic carbocycles. The minimum absolute atomic E-state index is 0.359. The van der Waals surface area contributed by atoms with Crippen molar-refractivity contribution in [3.63, 3.8) is 0 Å². The maximum Gasteiger partial charge on any atom is 0.401 e. The van der Waals surface area contributed by atoms with Gasteiger partial charge in [-0.05, 0) is 39.3 Å². The molecule has 1 atom stereocenters. The Morgan fingerprint density at radius 1 is 1.27 bits per heavy atom. The van der Waals surface area contributed by atoms with Crippen molar-refractivity contribution in [3.8, 4) is 0 Å². The molecular formula is C10H20F3NO. The van der Waals surface area contributed by atoms with E-state index in [9.17, 15) is 13.2 Å². The van der Waals surface area contributed by atoms with Crippen LogP contribution < -0.4 is 0 Å². The number of rotatable bonds is 7. The lowest BCUT2D eigenvalue weighted by molar-refractivity contribution is -0.145. The Balaban J connectivity index is 3.62.